The molecule has 0 fully saturated rings. The zero-order valence-electron chi connectivity index (χ0n) is 16.0. The summed E-state index contributed by atoms with van der Waals surface area (Å²) >= 11 is 1.99. The molecule has 0 aromatic heterocycles. The first-order valence-electron chi connectivity index (χ1n) is 8.71. The Morgan fingerprint density at radius 1 is 1.00 bits per heavy atom. The average Bonchev–Trinajstić information content (AvgIpc) is 2.64. The maximum Gasteiger partial charge on any atom is 0.430 e. The van der Waals surface area contributed by atoms with Gasteiger partial charge in [-0.2, -0.15) is 26.3 Å². The quantitative estimate of drug-likeness (QED) is 0.207. The molecule has 0 aliphatic rings. The van der Waals surface area contributed by atoms with Gasteiger partial charge in [0.1, 0.15) is 18.3 Å². The number of halogens is 7. The Morgan fingerprint density at radius 3 is 2.20 bits per heavy atom. The number of methoxy groups -OCH3 is 1. The molecule has 0 saturated heterocycles. The molecular formula is C20H18F6IO3. The van der Waals surface area contributed by atoms with Crippen LogP contribution < -0.4 is 4.74 Å². The van der Waals surface area contributed by atoms with Crippen molar-refractivity contribution in [3.05, 3.63) is 57.2 Å². The summed E-state index contributed by atoms with van der Waals surface area (Å²) in [6, 6.07) is 10.3. The Kier molecular flexibility index (Phi) is 8.03. The van der Waals surface area contributed by atoms with Gasteiger partial charge in [0, 0.05) is 12.7 Å². The molecule has 0 N–H and O–H groups in total. The Labute approximate surface area is 183 Å². The van der Waals surface area contributed by atoms with Gasteiger partial charge in [0.2, 0.25) is 0 Å². The third kappa shape index (κ3) is 5.02. The Balaban J connectivity index is 2.63. The highest BCUT2D eigenvalue weighted by Gasteiger charge is 2.73. The highest BCUT2D eigenvalue weighted by Crippen LogP contribution is 2.53. The van der Waals surface area contributed by atoms with Crippen LogP contribution in [-0.4, -0.2) is 26.3 Å². The number of ether oxygens (including phenoxy) is 3. The van der Waals surface area contributed by atoms with Crippen LogP contribution in [0, 0.1) is 9.64 Å². The van der Waals surface area contributed by atoms with E-state index in [9.17, 15) is 26.3 Å². The molecule has 0 heterocycles. The van der Waals surface area contributed by atoms with Gasteiger partial charge in [-0.05, 0) is 64.9 Å². The van der Waals surface area contributed by atoms with Crippen LogP contribution in [0.3, 0.4) is 0 Å². The minimum atomic E-state index is -5.78. The molecule has 0 spiro atoms. The summed E-state index contributed by atoms with van der Waals surface area (Å²) in [5.41, 5.74) is -5.43. The molecule has 10 heteroatoms. The summed E-state index contributed by atoms with van der Waals surface area (Å²) in [5.74, 6) is 0.572. The molecule has 2 aromatic rings. The Bertz CT molecular complexity index is 837. The molecule has 0 aliphatic carbocycles. The summed E-state index contributed by atoms with van der Waals surface area (Å²) in [6.07, 6.45) is -10.9. The lowest BCUT2D eigenvalue weighted by Gasteiger charge is -2.37. The smallest absolute Gasteiger partial charge is 0.430 e. The van der Waals surface area contributed by atoms with Gasteiger partial charge in [-0.25, -0.2) is 0 Å². The predicted molar refractivity (Wildman–Crippen MR) is 105 cm³/mol. The van der Waals surface area contributed by atoms with Crippen molar-refractivity contribution in [2.45, 2.75) is 37.7 Å². The van der Waals surface area contributed by atoms with Crippen LogP contribution in [0.2, 0.25) is 0 Å². The summed E-state index contributed by atoms with van der Waals surface area (Å²) in [7, 11) is 0.940. The van der Waals surface area contributed by atoms with E-state index in [1.807, 2.05) is 22.6 Å². The summed E-state index contributed by atoms with van der Waals surface area (Å²) in [5, 5.41) is 0. The molecule has 30 heavy (non-hydrogen) atoms. The molecule has 0 amide bonds. The fraction of sp³-hybridized carbons (Fsp3) is 0.400. The lowest BCUT2D eigenvalue weighted by Crippen LogP contribution is -2.56. The molecular weight excluding hydrogens is 529 g/mol. The normalized spacial score (nSPS) is 12.8. The molecule has 1 radical (unpaired) electrons. The third-order valence-electron chi connectivity index (χ3n) is 4.17. The standard InChI is InChI=1S/C20H18F6IO3/c1-3-6-13-11-14(9-10-16(13)30-17-8-5-4-7-15(17)27)18(19(21,22)23,20(24,25)26)29-12-28-2/h5,7-11H,3,6,12H2,1-2H3. The molecule has 0 aliphatic heterocycles. The van der Waals surface area contributed by atoms with E-state index in [-0.39, 0.29) is 17.7 Å². The van der Waals surface area contributed by atoms with Gasteiger partial charge in [-0.15, -0.1) is 0 Å². The minimum absolute atomic E-state index is 0.162. The van der Waals surface area contributed by atoms with Crippen LogP contribution >= 0.6 is 22.6 Å². The van der Waals surface area contributed by atoms with Gasteiger partial charge in [0.15, 0.2) is 0 Å². The van der Waals surface area contributed by atoms with Crippen molar-refractivity contribution in [3.63, 3.8) is 0 Å². The summed E-state index contributed by atoms with van der Waals surface area (Å²) in [6.45, 7) is 0.555. The van der Waals surface area contributed by atoms with Crippen LogP contribution in [-0.2, 0) is 21.5 Å². The van der Waals surface area contributed by atoms with E-state index in [2.05, 4.69) is 15.5 Å². The van der Waals surface area contributed by atoms with Gasteiger partial charge in [0.05, 0.1) is 3.57 Å². The number of aryl methyl sites for hydroxylation is 1. The van der Waals surface area contributed by atoms with E-state index in [1.165, 1.54) is 0 Å². The molecule has 0 unspecified atom stereocenters. The van der Waals surface area contributed by atoms with Gasteiger partial charge < -0.3 is 14.2 Å². The summed E-state index contributed by atoms with van der Waals surface area (Å²) < 4.78 is 97.7. The van der Waals surface area contributed by atoms with E-state index < -0.39 is 30.3 Å². The van der Waals surface area contributed by atoms with E-state index in [0.29, 0.717) is 21.8 Å². The van der Waals surface area contributed by atoms with Crippen LogP contribution in [0.25, 0.3) is 0 Å². The van der Waals surface area contributed by atoms with Crippen LogP contribution in [0.15, 0.2) is 36.4 Å². The Hall–Kier alpha value is -1.53. The first-order valence-corrected chi connectivity index (χ1v) is 9.79. The van der Waals surface area contributed by atoms with Gasteiger partial charge in [-0.3, -0.25) is 0 Å². The molecule has 2 aromatic carbocycles. The highest BCUT2D eigenvalue weighted by atomic mass is 127. The van der Waals surface area contributed by atoms with Crippen molar-refractivity contribution in [3.8, 4) is 11.5 Å². The van der Waals surface area contributed by atoms with Crippen LogP contribution in [0.1, 0.15) is 24.5 Å². The molecule has 165 valence electrons. The molecule has 0 atom stereocenters. The van der Waals surface area contributed by atoms with Crippen molar-refractivity contribution in [1.82, 2.24) is 0 Å². The Morgan fingerprint density at radius 2 is 1.67 bits per heavy atom. The van der Waals surface area contributed by atoms with Crippen molar-refractivity contribution in [2.75, 3.05) is 13.9 Å². The number of hydrogen-bond donors (Lipinski definition) is 0. The fourth-order valence-electron chi connectivity index (χ4n) is 2.84. The maximum absolute atomic E-state index is 13.8. The fourth-order valence-corrected chi connectivity index (χ4v) is 3.31. The predicted octanol–water partition coefficient (Wildman–Crippen LogP) is 6.78. The zero-order chi connectivity index (χ0) is 22.6. The van der Waals surface area contributed by atoms with E-state index in [1.54, 1.807) is 25.1 Å². The first kappa shape index (κ1) is 24.7. The van der Waals surface area contributed by atoms with E-state index in [0.717, 1.165) is 19.2 Å². The monoisotopic (exact) mass is 547 g/mol. The van der Waals surface area contributed by atoms with Gasteiger partial charge in [0.25, 0.3) is 5.60 Å². The second-order valence-electron chi connectivity index (χ2n) is 6.26. The molecule has 3 nitrogen and oxygen atoms in total. The lowest BCUT2D eigenvalue weighted by atomic mass is 9.89. The molecule has 0 saturated carbocycles. The van der Waals surface area contributed by atoms with Crippen molar-refractivity contribution < 1.29 is 40.6 Å². The van der Waals surface area contributed by atoms with Gasteiger partial charge >= 0.3 is 12.4 Å². The summed E-state index contributed by atoms with van der Waals surface area (Å²) in [4.78, 5) is 0. The van der Waals surface area contributed by atoms with Crippen molar-refractivity contribution >= 4 is 22.6 Å². The first-order chi connectivity index (χ1) is 14.0. The molecule has 0 bridgehead atoms. The van der Waals surface area contributed by atoms with Gasteiger partial charge in [-0.1, -0.05) is 25.5 Å². The van der Waals surface area contributed by atoms with Crippen LogP contribution in [0.5, 0.6) is 11.5 Å². The van der Waals surface area contributed by atoms with E-state index in [4.69, 9.17) is 4.74 Å². The average molecular weight is 547 g/mol. The molecule has 2 rings (SSSR count). The number of hydrogen-bond acceptors (Lipinski definition) is 3. The number of rotatable bonds is 8. The topological polar surface area (TPSA) is 27.7 Å². The second kappa shape index (κ2) is 9.73. The third-order valence-corrected chi connectivity index (χ3v) is 5.02. The van der Waals surface area contributed by atoms with Crippen LogP contribution in [0.4, 0.5) is 26.3 Å². The van der Waals surface area contributed by atoms with Crippen molar-refractivity contribution in [2.24, 2.45) is 0 Å². The number of alkyl halides is 6. The van der Waals surface area contributed by atoms with Crippen molar-refractivity contribution in [1.29, 1.82) is 0 Å². The maximum atomic E-state index is 13.8. The SMILES string of the molecule is CCCc1cc(C(OCOC)(C(F)(F)F)C(F)(F)F)ccc1Oc1cc[c]cc1I. The zero-order valence-corrected chi connectivity index (χ0v) is 18.1. The number of benzene rings is 2. The largest absolute Gasteiger partial charge is 0.456 e. The second-order valence-corrected chi connectivity index (χ2v) is 7.42. The highest BCUT2D eigenvalue weighted by molar-refractivity contribution is 14.1. The lowest BCUT2D eigenvalue weighted by molar-refractivity contribution is -0.400. The minimum Gasteiger partial charge on any atom is -0.456 e. The van der Waals surface area contributed by atoms with E-state index >= 15 is 0 Å².